The quantitative estimate of drug-likeness (QED) is 0.651. The maximum atomic E-state index is 10.6. The van der Waals surface area contributed by atoms with Crippen LogP contribution in [-0.4, -0.2) is 26.8 Å². The molecule has 0 radical (unpaired) electrons. The van der Waals surface area contributed by atoms with Crippen LogP contribution in [0.4, 0.5) is 0 Å². The van der Waals surface area contributed by atoms with Gasteiger partial charge in [-0.2, -0.15) is 0 Å². The second kappa shape index (κ2) is 4.20. The van der Waals surface area contributed by atoms with E-state index in [1.54, 1.807) is 0 Å². The highest BCUT2D eigenvalue weighted by Gasteiger charge is 2.14. The molecule has 1 saturated heterocycles. The summed E-state index contributed by atoms with van der Waals surface area (Å²) in [6, 6.07) is 0.358. The van der Waals surface area contributed by atoms with Gasteiger partial charge in [0, 0.05) is 6.04 Å². The molecule has 1 atom stereocenters. The van der Waals surface area contributed by atoms with Crippen LogP contribution in [0.25, 0.3) is 0 Å². The average Bonchev–Trinajstić information content (AvgIpc) is 2.02. The summed E-state index contributed by atoms with van der Waals surface area (Å²) in [6.45, 7) is 1.01. The molecule has 0 unspecified atom stereocenters. The summed E-state index contributed by atoms with van der Waals surface area (Å²) < 4.78 is 21.2. The van der Waals surface area contributed by atoms with Crippen LogP contribution in [-0.2, 0) is 10.0 Å². The van der Waals surface area contributed by atoms with Gasteiger partial charge >= 0.3 is 0 Å². The van der Waals surface area contributed by atoms with Crippen molar-refractivity contribution in [3.8, 4) is 0 Å². The number of rotatable bonds is 3. The molecule has 0 spiro atoms. The fourth-order valence-corrected chi connectivity index (χ4v) is 2.09. The van der Waals surface area contributed by atoms with Gasteiger partial charge in [-0.15, -0.1) is 0 Å². The van der Waals surface area contributed by atoms with Crippen LogP contribution in [0, 0.1) is 0 Å². The van der Waals surface area contributed by atoms with Gasteiger partial charge in [0.15, 0.2) is 0 Å². The molecule has 1 aliphatic heterocycles. The first-order valence-electron chi connectivity index (χ1n) is 4.32. The van der Waals surface area contributed by atoms with Gasteiger partial charge in [-0.3, -0.25) is 0 Å². The Kier molecular flexibility index (Phi) is 3.49. The number of piperidine rings is 1. The van der Waals surface area contributed by atoms with Crippen molar-refractivity contribution in [1.82, 2.24) is 5.32 Å². The lowest BCUT2D eigenvalue weighted by Gasteiger charge is -2.22. The van der Waals surface area contributed by atoms with E-state index in [9.17, 15) is 8.42 Å². The second-order valence-corrected chi connectivity index (χ2v) is 5.04. The largest absolute Gasteiger partial charge is 0.314 e. The van der Waals surface area contributed by atoms with Crippen LogP contribution in [0.1, 0.15) is 25.7 Å². The molecule has 0 aromatic rings. The van der Waals surface area contributed by atoms with Gasteiger partial charge < -0.3 is 5.32 Å². The van der Waals surface area contributed by atoms with E-state index in [-0.39, 0.29) is 5.75 Å². The number of nitrogens with one attached hydrogen (secondary N) is 1. The van der Waals surface area contributed by atoms with E-state index >= 15 is 0 Å². The SMILES string of the molecule is NS(=O)(=O)CC[C@H]1CCCCN1. The zero-order valence-corrected chi connectivity index (χ0v) is 7.94. The van der Waals surface area contributed by atoms with Gasteiger partial charge in [0.2, 0.25) is 10.0 Å². The molecule has 5 heteroatoms. The number of sulfonamides is 1. The molecule has 72 valence electrons. The molecule has 1 heterocycles. The molecular weight excluding hydrogens is 176 g/mol. The lowest BCUT2D eigenvalue weighted by atomic mass is 10.0. The maximum Gasteiger partial charge on any atom is 0.209 e. The van der Waals surface area contributed by atoms with Crippen molar-refractivity contribution in [1.29, 1.82) is 0 Å². The summed E-state index contributed by atoms with van der Waals surface area (Å²) in [5.74, 6) is 0.102. The Morgan fingerprint density at radius 3 is 2.67 bits per heavy atom. The van der Waals surface area contributed by atoms with Gasteiger partial charge in [-0.25, -0.2) is 13.6 Å². The Morgan fingerprint density at radius 1 is 1.42 bits per heavy atom. The van der Waals surface area contributed by atoms with Crippen molar-refractivity contribution in [2.24, 2.45) is 5.14 Å². The Hall–Kier alpha value is -0.130. The average molecular weight is 192 g/mol. The smallest absolute Gasteiger partial charge is 0.209 e. The van der Waals surface area contributed by atoms with E-state index in [1.165, 1.54) is 12.8 Å². The molecule has 4 nitrogen and oxygen atoms in total. The molecule has 12 heavy (non-hydrogen) atoms. The summed E-state index contributed by atoms with van der Waals surface area (Å²) >= 11 is 0. The third-order valence-electron chi connectivity index (χ3n) is 2.16. The van der Waals surface area contributed by atoms with Crippen molar-refractivity contribution in [3.05, 3.63) is 0 Å². The monoisotopic (exact) mass is 192 g/mol. The standard InChI is InChI=1S/C7H16N2O2S/c8-12(10,11)6-4-7-3-1-2-5-9-7/h7,9H,1-6H2,(H2,8,10,11)/t7-/m1/s1. The highest BCUT2D eigenvalue weighted by molar-refractivity contribution is 7.89. The Labute approximate surface area is 73.6 Å². The molecule has 0 saturated carbocycles. The lowest BCUT2D eigenvalue weighted by Crippen LogP contribution is -2.36. The zero-order chi connectivity index (χ0) is 9.03. The van der Waals surface area contributed by atoms with Gasteiger partial charge in [0.1, 0.15) is 0 Å². The van der Waals surface area contributed by atoms with Gasteiger partial charge in [-0.05, 0) is 25.8 Å². The topological polar surface area (TPSA) is 72.2 Å². The van der Waals surface area contributed by atoms with Crippen molar-refractivity contribution in [3.63, 3.8) is 0 Å². The normalized spacial score (nSPS) is 25.6. The first-order valence-corrected chi connectivity index (χ1v) is 6.03. The van der Waals surface area contributed by atoms with E-state index in [1.807, 2.05) is 0 Å². The summed E-state index contributed by atoms with van der Waals surface area (Å²) in [5.41, 5.74) is 0. The molecule has 3 N–H and O–H groups in total. The van der Waals surface area contributed by atoms with Gasteiger partial charge in [0.25, 0.3) is 0 Å². The van der Waals surface area contributed by atoms with E-state index in [0.29, 0.717) is 12.5 Å². The van der Waals surface area contributed by atoms with Crippen LogP contribution in [0.3, 0.4) is 0 Å². The van der Waals surface area contributed by atoms with Crippen molar-refractivity contribution in [2.45, 2.75) is 31.7 Å². The zero-order valence-electron chi connectivity index (χ0n) is 7.12. The van der Waals surface area contributed by atoms with E-state index in [2.05, 4.69) is 5.32 Å². The lowest BCUT2D eigenvalue weighted by molar-refractivity contribution is 0.392. The third-order valence-corrected chi connectivity index (χ3v) is 2.97. The van der Waals surface area contributed by atoms with Crippen LogP contribution in [0.15, 0.2) is 0 Å². The minimum atomic E-state index is -3.26. The molecule has 0 amide bonds. The highest BCUT2D eigenvalue weighted by Crippen LogP contribution is 2.10. The first-order chi connectivity index (χ1) is 5.58. The van der Waals surface area contributed by atoms with E-state index < -0.39 is 10.0 Å². The Morgan fingerprint density at radius 2 is 2.17 bits per heavy atom. The van der Waals surface area contributed by atoms with Crippen molar-refractivity contribution in [2.75, 3.05) is 12.3 Å². The maximum absolute atomic E-state index is 10.6. The summed E-state index contributed by atoms with van der Waals surface area (Å²) in [5, 5.41) is 8.17. The van der Waals surface area contributed by atoms with Gasteiger partial charge in [0.05, 0.1) is 5.75 Å². The van der Waals surface area contributed by atoms with Crippen LogP contribution in [0.5, 0.6) is 0 Å². The van der Waals surface area contributed by atoms with Crippen molar-refractivity contribution < 1.29 is 8.42 Å². The number of hydrogen-bond donors (Lipinski definition) is 2. The minimum Gasteiger partial charge on any atom is -0.314 e. The minimum absolute atomic E-state index is 0.102. The fraction of sp³-hybridized carbons (Fsp3) is 1.00. The van der Waals surface area contributed by atoms with Gasteiger partial charge in [-0.1, -0.05) is 6.42 Å². The summed E-state index contributed by atoms with van der Waals surface area (Å²) in [6.07, 6.45) is 4.13. The molecule has 0 aliphatic carbocycles. The Bertz CT molecular complexity index is 220. The second-order valence-electron chi connectivity index (χ2n) is 3.30. The predicted molar refractivity (Wildman–Crippen MR) is 48.2 cm³/mol. The molecule has 0 aromatic heterocycles. The number of primary sulfonamides is 1. The molecule has 1 aliphatic rings. The Balaban J connectivity index is 2.22. The van der Waals surface area contributed by atoms with Crippen LogP contribution >= 0.6 is 0 Å². The van der Waals surface area contributed by atoms with Crippen molar-refractivity contribution >= 4 is 10.0 Å². The van der Waals surface area contributed by atoms with E-state index in [0.717, 1.165) is 13.0 Å². The van der Waals surface area contributed by atoms with Crippen LogP contribution < -0.4 is 10.5 Å². The first kappa shape index (κ1) is 9.95. The summed E-state index contributed by atoms with van der Waals surface area (Å²) in [4.78, 5) is 0. The summed E-state index contributed by atoms with van der Waals surface area (Å²) in [7, 11) is -3.26. The molecule has 1 rings (SSSR count). The molecule has 0 bridgehead atoms. The molecule has 1 fully saturated rings. The molecular formula is C7H16N2O2S. The fourth-order valence-electron chi connectivity index (χ4n) is 1.48. The number of nitrogens with two attached hydrogens (primary N) is 1. The molecule has 0 aromatic carbocycles. The number of hydrogen-bond acceptors (Lipinski definition) is 3. The highest BCUT2D eigenvalue weighted by atomic mass is 32.2. The van der Waals surface area contributed by atoms with Crippen LogP contribution in [0.2, 0.25) is 0 Å². The third kappa shape index (κ3) is 4.04. The van der Waals surface area contributed by atoms with E-state index in [4.69, 9.17) is 5.14 Å². The predicted octanol–water partition coefficient (Wildman–Crippen LogP) is -0.193.